The standard InChI is InChI=1S/C21H22N4O4/c1-28-21(27)22-19(20(26)29-15-17-10-6-3-7-11-17)12-18-14-25(24-23-18)13-16-8-4-2-5-9-16/h2-11,14,19H,12-13,15H2,1H3,(H,22,27)/t19-/m0/s1. The van der Waals surface area contributed by atoms with Crippen molar-refractivity contribution in [1.29, 1.82) is 0 Å². The molecule has 0 saturated carbocycles. The molecule has 3 rings (SSSR count). The van der Waals surface area contributed by atoms with Gasteiger partial charge in [0.05, 0.1) is 19.3 Å². The molecule has 3 aromatic rings. The number of amides is 1. The van der Waals surface area contributed by atoms with Gasteiger partial charge in [-0.15, -0.1) is 5.10 Å². The van der Waals surface area contributed by atoms with Gasteiger partial charge < -0.3 is 14.8 Å². The van der Waals surface area contributed by atoms with Gasteiger partial charge in [0.2, 0.25) is 0 Å². The van der Waals surface area contributed by atoms with Crippen LogP contribution in [0.25, 0.3) is 0 Å². The van der Waals surface area contributed by atoms with Crippen LogP contribution in [0.1, 0.15) is 16.8 Å². The van der Waals surface area contributed by atoms with Crippen molar-refractivity contribution in [2.45, 2.75) is 25.6 Å². The minimum atomic E-state index is -0.937. The van der Waals surface area contributed by atoms with Crippen molar-refractivity contribution in [2.24, 2.45) is 0 Å². The second kappa shape index (κ2) is 10.0. The molecule has 0 unspecified atom stereocenters. The van der Waals surface area contributed by atoms with E-state index in [-0.39, 0.29) is 13.0 Å². The third-order valence-electron chi connectivity index (χ3n) is 4.17. The fourth-order valence-corrected chi connectivity index (χ4v) is 2.71. The number of rotatable bonds is 8. The second-order valence-corrected chi connectivity index (χ2v) is 6.38. The lowest BCUT2D eigenvalue weighted by Crippen LogP contribution is -2.43. The van der Waals surface area contributed by atoms with Crippen LogP contribution in [0.4, 0.5) is 4.79 Å². The average molecular weight is 394 g/mol. The fourth-order valence-electron chi connectivity index (χ4n) is 2.71. The number of hydrogen-bond donors (Lipinski definition) is 1. The van der Waals surface area contributed by atoms with Crippen molar-refractivity contribution in [2.75, 3.05) is 7.11 Å². The molecule has 1 aromatic heterocycles. The molecule has 0 spiro atoms. The molecule has 0 aliphatic heterocycles. The lowest BCUT2D eigenvalue weighted by molar-refractivity contribution is -0.147. The maximum atomic E-state index is 12.5. The Hall–Kier alpha value is -3.68. The van der Waals surface area contributed by atoms with Crippen molar-refractivity contribution in [3.8, 4) is 0 Å². The van der Waals surface area contributed by atoms with Gasteiger partial charge in [-0.25, -0.2) is 14.3 Å². The first-order valence-electron chi connectivity index (χ1n) is 9.12. The summed E-state index contributed by atoms with van der Waals surface area (Å²) < 4.78 is 11.6. The van der Waals surface area contributed by atoms with Gasteiger partial charge in [-0.2, -0.15) is 0 Å². The van der Waals surface area contributed by atoms with Gasteiger partial charge in [-0.3, -0.25) is 0 Å². The van der Waals surface area contributed by atoms with Crippen LogP contribution in [-0.2, 0) is 33.8 Å². The summed E-state index contributed by atoms with van der Waals surface area (Å²) in [6, 6.07) is 18.2. The lowest BCUT2D eigenvalue weighted by atomic mass is 10.1. The summed E-state index contributed by atoms with van der Waals surface area (Å²) in [7, 11) is 1.23. The molecule has 8 nitrogen and oxygen atoms in total. The number of carbonyl (C=O) groups is 2. The molecular weight excluding hydrogens is 372 g/mol. The summed E-state index contributed by atoms with van der Waals surface area (Å²) in [5.74, 6) is -0.572. The molecule has 150 valence electrons. The molecule has 1 heterocycles. The number of aromatic nitrogens is 3. The molecule has 1 atom stereocenters. The number of nitrogens with zero attached hydrogens (tertiary/aromatic N) is 3. The number of benzene rings is 2. The lowest BCUT2D eigenvalue weighted by Gasteiger charge is -2.16. The van der Waals surface area contributed by atoms with Crippen LogP contribution in [0.5, 0.6) is 0 Å². The number of ether oxygens (including phenoxy) is 2. The van der Waals surface area contributed by atoms with E-state index in [0.717, 1.165) is 11.1 Å². The predicted molar refractivity (Wildman–Crippen MR) is 105 cm³/mol. The number of esters is 1. The molecule has 0 radical (unpaired) electrons. The third-order valence-corrected chi connectivity index (χ3v) is 4.17. The maximum Gasteiger partial charge on any atom is 0.407 e. The summed E-state index contributed by atoms with van der Waals surface area (Å²) in [5.41, 5.74) is 2.49. The number of nitrogens with one attached hydrogen (secondary N) is 1. The van der Waals surface area contributed by atoms with Crippen LogP contribution < -0.4 is 5.32 Å². The van der Waals surface area contributed by atoms with Crippen LogP contribution in [0.3, 0.4) is 0 Å². The Kier molecular flexibility index (Phi) is 6.94. The van der Waals surface area contributed by atoms with E-state index in [9.17, 15) is 9.59 Å². The Morgan fingerprint density at radius 1 is 1.03 bits per heavy atom. The molecule has 1 amide bonds. The SMILES string of the molecule is COC(=O)N[C@@H](Cc1cn(Cc2ccccc2)nn1)C(=O)OCc1ccccc1. The largest absolute Gasteiger partial charge is 0.459 e. The fraction of sp³-hybridized carbons (Fsp3) is 0.238. The highest BCUT2D eigenvalue weighted by atomic mass is 16.5. The van der Waals surface area contributed by atoms with Gasteiger partial charge in [0, 0.05) is 12.6 Å². The predicted octanol–water partition coefficient (Wildman–Crippen LogP) is 2.34. The van der Waals surface area contributed by atoms with Crippen molar-refractivity contribution in [3.05, 3.63) is 83.7 Å². The van der Waals surface area contributed by atoms with Crippen LogP contribution in [0.15, 0.2) is 66.9 Å². The topological polar surface area (TPSA) is 95.3 Å². The van der Waals surface area contributed by atoms with Gasteiger partial charge in [0.25, 0.3) is 0 Å². The van der Waals surface area contributed by atoms with E-state index in [1.54, 1.807) is 10.9 Å². The molecule has 29 heavy (non-hydrogen) atoms. The Bertz CT molecular complexity index is 928. The minimum Gasteiger partial charge on any atom is -0.459 e. The molecule has 0 aliphatic carbocycles. The zero-order chi connectivity index (χ0) is 20.5. The van der Waals surface area contributed by atoms with Gasteiger partial charge in [0.15, 0.2) is 0 Å². The Labute approximate surface area is 168 Å². The van der Waals surface area contributed by atoms with E-state index in [1.807, 2.05) is 60.7 Å². The van der Waals surface area contributed by atoms with E-state index in [2.05, 4.69) is 20.4 Å². The Morgan fingerprint density at radius 2 is 1.69 bits per heavy atom. The zero-order valence-electron chi connectivity index (χ0n) is 16.0. The quantitative estimate of drug-likeness (QED) is 0.589. The molecular formula is C21H22N4O4. The van der Waals surface area contributed by atoms with Crippen LogP contribution in [-0.4, -0.2) is 40.2 Å². The van der Waals surface area contributed by atoms with Gasteiger partial charge in [-0.1, -0.05) is 65.9 Å². The summed E-state index contributed by atoms with van der Waals surface area (Å²) in [6.45, 7) is 0.668. The third kappa shape index (κ3) is 6.17. The van der Waals surface area contributed by atoms with E-state index in [0.29, 0.717) is 12.2 Å². The monoisotopic (exact) mass is 394 g/mol. The molecule has 0 fully saturated rings. The van der Waals surface area contributed by atoms with E-state index >= 15 is 0 Å². The first-order chi connectivity index (χ1) is 14.1. The van der Waals surface area contributed by atoms with Crippen molar-refractivity contribution in [3.63, 3.8) is 0 Å². The van der Waals surface area contributed by atoms with E-state index in [4.69, 9.17) is 4.74 Å². The zero-order valence-corrected chi connectivity index (χ0v) is 16.0. The highest BCUT2D eigenvalue weighted by molar-refractivity contribution is 5.81. The molecule has 2 aromatic carbocycles. The van der Waals surface area contributed by atoms with E-state index < -0.39 is 18.1 Å². The molecule has 1 N–H and O–H groups in total. The van der Waals surface area contributed by atoms with Gasteiger partial charge >= 0.3 is 12.1 Å². The highest BCUT2D eigenvalue weighted by Crippen LogP contribution is 2.07. The summed E-state index contributed by atoms with van der Waals surface area (Å²) >= 11 is 0. The van der Waals surface area contributed by atoms with Crippen LogP contribution in [0, 0.1) is 0 Å². The first kappa shape index (κ1) is 20.1. The first-order valence-corrected chi connectivity index (χ1v) is 9.12. The number of alkyl carbamates (subject to hydrolysis) is 1. The van der Waals surface area contributed by atoms with Gasteiger partial charge in [-0.05, 0) is 11.1 Å². The average Bonchev–Trinajstić information content (AvgIpc) is 3.19. The molecule has 0 aliphatic rings. The minimum absolute atomic E-state index is 0.111. The van der Waals surface area contributed by atoms with Crippen molar-refractivity contribution >= 4 is 12.1 Å². The smallest absolute Gasteiger partial charge is 0.407 e. The molecule has 0 bridgehead atoms. The number of methoxy groups -OCH3 is 1. The summed E-state index contributed by atoms with van der Waals surface area (Å²) in [5, 5.41) is 10.7. The van der Waals surface area contributed by atoms with E-state index in [1.165, 1.54) is 7.11 Å². The second-order valence-electron chi connectivity index (χ2n) is 6.38. The highest BCUT2D eigenvalue weighted by Gasteiger charge is 2.24. The number of hydrogen-bond acceptors (Lipinski definition) is 6. The van der Waals surface area contributed by atoms with Crippen LogP contribution >= 0.6 is 0 Å². The summed E-state index contributed by atoms with van der Waals surface area (Å²) in [4.78, 5) is 24.2. The normalized spacial score (nSPS) is 11.5. The Morgan fingerprint density at radius 3 is 2.34 bits per heavy atom. The van der Waals surface area contributed by atoms with Crippen molar-refractivity contribution < 1.29 is 19.1 Å². The summed E-state index contributed by atoms with van der Waals surface area (Å²) in [6.07, 6.45) is 1.16. The van der Waals surface area contributed by atoms with Gasteiger partial charge in [0.1, 0.15) is 12.6 Å². The number of carbonyl (C=O) groups excluding carboxylic acids is 2. The molecule has 8 heteroatoms. The molecule has 0 saturated heterocycles. The Balaban J connectivity index is 1.63. The van der Waals surface area contributed by atoms with Crippen LogP contribution in [0.2, 0.25) is 0 Å². The maximum absolute atomic E-state index is 12.5. The van der Waals surface area contributed by atoms with Crippen molar-refractivity contribution in [1.82, 2.24) is 20.3 Å².